The molecule has 0 N–H and O–H groups in total. The molecule has 0 amide bonds. The number of fused-ring (bicyclic) bond motifs is 1. The van der Waals surface area contributed by atoms with Crippen LogP contribution in [0.5, 0.6) is 0 Å². The van der Waals surface area contributed by atoms with Crippen LogP contribution in [0.2, 0.25) is 0 Å². The number of halogens is 3. The van der Waals surface area contributed by atoms with E-state index in [0.717, 1.165) is 22.8 Å². The van der Waals surface area contributed by atoms with Crippen LogP contribution in [-0.2, 0) is 12.6 Å². The molecule has 0 saturated carbocycles. The predicted molar refractivity (Wildman–Crippen MR) is 69.5 cm³/mol. The molecule has 0 unspecified atom stereocenters. The molecule has 0 atom stereocenters. The summed E-state index contributed by atoms with van der Waals surface area (Å²) in [5, 5.41) is 0. The lowest BCUT2D eigenvalue weighted by atomic mass is 9.98. The van der Waals surface area contributed by atoms with Gasteiger partial charge in [-0.2, -0.15) is 13.2 Å². The summed E-state index contributed by atoms with van der Waals surface area (Å²) in [7, 11) is 0. The highest BCUT2D eigenvalue weighted by Gasteiger charge is 2.34. The van der Waals surface area contributed by atoms with Crippen molar-refractivity contribution >= 4 is 11.6 Å². The van der Waals surface area contributed by atoms with Gasteiger partial charge in [-0.3, -0.25) is 0 Å². The Hall–Kier alpha value is -2.03. The van der Waals surface area contributed by atoms with E-state index in [9.17, 15) is 13.2 Å². The van der Waals surface area contributed by atoms with Crippen molar-refractivity contribution in [3.63, 3.8) is 0 Å². The summed E-state index contributed by atoms with van der Waals surface area (Å²) in [4.78, 5) is 0. The third-order valence-corrected chi connectivity index (χ3v) is 3.34. The van der Waals surface area contributed by atoms with Gasteiger partial charge in [0.2, 0.25) is 0 Å². The summed E-state index contributed by atoms with van der Waals surface area (Å²) < 4.78 is 39.0. The molecule has 1 aliphatic carbocycles. The second kappa shape index (κ2) is 4.26. The number of hydrogen-bond donors (Lipinski definition) is 0. The maximum absolute atomic E-state index is 13.0. The lowest BCUT2D eigenvalue weighted by Crippen LogP contribution is -2.08. The zero-order valence-electron chi connectivity index (χ0n) is 10.0. The van der Waals surface area contributed by atoms with Crippen LogP contribution in [0.1, 0.15) is 22.3 Å². The number of hydrogen-bond acceptors (Lipinski definition) is 0. The zero-order chi connectivity index (χ0) is 13.5. The largest absolute Gasteiger partial charge is 0.416 e. The van der Waals surface area contributed by atoms with Crippen LogP contribution in [-0.4, -0.2) is 0 Å². The van der Waals surface area contributed by atoms with Crippen molar-refractivity contribution in [1.29, 1.82) is 0 Å². The average Bonchev–Trinajstić information content (AvgIpc) is 2.81. The van der Waals surface area contributed by atoms with Crippen LogP contribution >= 0.6 is 0 Å². The normalized spacial score (nSPS) is 14.2. The van der Waals surface area contributed by atoms with Gasteiger partial charge in [0.1, 0.15) is 0 Å². The van der Waals surface area contributed by atoms with E-state index in [2.05, 4.69) is 0 Å². The molecule has 1 aliphatic rings. The Bertz CT molecular complexity index is 651. The second-order valence-electron chi connectivity index (χ2n) is 4.59. The Balaban J connectivity index is 2.07. The van der Waals surface area contributed by atoms with Crippen LogP contribution in [0.3, 0.4) is 0 Å². The van der Waals surface area contributed by atoms with Gasteiger partial charge < -0.3 is 0 Å². The van der Waals surface area contributed by atoms with Gasteiger partial charge in [0.15, 0.2) is 0 Å². The van der Waals surface area contributed by atoms with Crippen molar-refractivity contribution in [1.82, 2.24) is 0 Å². The number of alkyl halides is 3. The van der Waals surface area contributed by atoms with Crippen molar-refractivity contribution in [2.75, 3.05) is 0 Å². The van der Waals surface area contributed by atoms with Gasteiger partial charge in [-0.05, 0) is 34.8 Å². The molecular weight excluding hydrogens is 249 g/mol. The summed E-state index contributed by atoms with van der Waals surface area (Å²) in [5.41, 5.74) is 2.54. The average molecular weight is 260 g/mol. The summed E-state index contributed by atoms with van der Waals surface area (Å²) in [6, 6.07) is 13.4. The number of allylic oxidation sites excluding steroid dienone is 1. The molecule has 19 heavy (non-hydrogen) atoms. The van der Waals surface area contributed by atoms with E-state index in [1.807, 2.05) is 30.3 Å². The fourth-order valence-corrected chi connectivity index (χ4v) is 2.46. The molecule has 2 aromatic rings. The minimum Gasteiger partial charge on any atom is -0.166 e. The van der Waals surface area contributed by atoms with E-state index in [-0.39, 0.29) is 5.56 Å². The molecule has 0 nitrogen and oxygen atoms in total. The Morgan fingerprint density at radius 3 is 2.26 bits per heavy atom. The molecule has 0 aliphatic heterocycles. The lowest BCUT2D eigenvalue weighted by molar-refractivity contribution is -0.137. The Morgan fingerprint density at radius 1 is 0.842 bits per heavy atom. The second-order valence-corrected chi connectivity index (χ2v) is 4.59. The first-order valence-electron chi connectivity index (χ1n) is 6.01. The van der Waals surface area contributed by atoms with E-state index in [4.69, 9.17) is 0 Å². The number of rotatable bonds is 1. The Morgan fingerprint density at radius 2 is 1.53 bits per heavy atom. The topological polar surface area (TPSA) is 0 Å². The first-order valence-corrected chi connectivity index (χ1v) is 6.01. The van der Waals surface area contributed by atoms with Crippen molar-refractivity contribution in [2.45, 2.75) is 12.6 Å². The SMILES string of the molecule is FC(F)(F)c1ccccc1C1=Cc2ccccc2C1. The van der Waals surface area contributed by atoms with E-state index in [1.54, 1.807) is 12.1 Å². The van der Waals surface area contributed by atoms with Crippen molar-refractivity contribution in [3.05, 3.63) is 70.8 Å². The quantitative estimate of drug-likeness (QED) is 0.690. The number of benzene rings is 2. The van der Waals surface area contributed by atoms with Crippen LogP contribution in [0.15, 0.2) is 48.5 Å². The molecule has 2 aromatic carbocycles. The van der Waals surface area contributed by atoms with Gasteiger partial charge in [0.05, 0.1) is 5.56 Å². The third-order valence-electron chi connectivity index (χ3n) is 3.34. The lowest BCUT2D eigenvalue weighted by Gasteiger charge is -2.13. The molecule has 0 saturated heterocycles. The van der Waals surface area contributed by atoms with E-state index >= 15 is 0 Å². The summed E-state index contributed by atoms with van der Waals surface area (Å²) in [5.74, 6) is 0. The van der Waals surface area contributed by atoms with E-state index in [1.165, 1.54) is 6.07 Å². The summed E-state index contributed by atoms with van der Waals surface area (Å²) in [6.45, 7) is 0. The molecule has 0 fully saturated rings. The molecule has 0 heterocycles. The molecule has 0 aromatic heterocycles. The van der Waals surface area contributed by atoms with Crippen molar-refractivity contribution < 1.29 is 13.2 Å². The fourth-order valence-electron chi connectivity index (χ4n) is 2.46. The maximum atomic E-state index is 13.0. The molecule has 3 rings (SSSR count). The minimum atomic E-state index is -4.31. The van der Waals surface area contributed by atoms with Gasteiger partial charge in [0, 0.05) is 0 Å². The van der Waals surface area contributed by atoms with Gasteiger partial charge in [-0.25, -0.2) is 0 Å². The van der Waals surface area contributed by atoms with E-state index < -0.39 is 11.7 Å². The molecule has 0 bridgehead atoms. The van der Waals surface area contributed by atoms with E-state index in [0.29, 0.717) is 6.42 Å². The Labute approximate surface area is 109 Å². The van der Waals surface area contributed by atoms with Crippen LogP contribution in [0.25, 0.3) is 11.6 Å². The monoisotopic (exact) mass is 260 g/mol. The third kappa shape index (κ3) is 2.16. The predicted octanol–water partition coefficient (Wildman–Crippen LogP) is 4.80. The molecular formula is C16H11F3. The van der Waals surface area contributed by atoms with Gasteiger partial charge in [0.25, 0.3) is 0 Å². The summed E-state index contributed by atoms with van der Waals surface area (Å²) in [6.07, 6.45) is -1.91. The standard InChI is InChI=1S/C16H11F3/c17-16(18,19)15-8-4-3-7-14(15)13-9-11-5-1-2-6-12(11)10-13/h1-9H,10H2. The van der Waals surface area contributed by atoms with Gasteiger partial charge >= 0.3 is 6.18 Å². The van der Waals surface area contributed by atoms with Gasteiger partial charge in [-0.1, -0.05) is 48.5 Å². The summed E-state index contributed by atoms with van der Waals surface area (Å²) >= 11 is 0. The zero-order valence-corrected chi connectivity index (χ0v) is 10.0. The highest BCUT2D eigenvalue weighted by atomic mass is 19.4. The van der Waals surface area contributed by atoms with Gasteiger partial charge in [-0.15, -0.1) is 0 Å². The first-order chi connectivity index (χ1) is 9.05. The Kier molecular flexibility index (Phi) is 2.70. The van der Waals surface area contributed by atoms with Crippen LogP contribution in [0.4, 0.5) is 13.2 Å². The maximum Gasteiger partial charge on any atom is 0.416 e. The smallest absolute Gasteiger partial charge is 0.166 e. The highest BCUT2D eigenvalue weighted by molar-refractivity contribution is 5.89. The van der Waals surface area contributed by atoms with Crippen LogP contribution < -0.4 is 0 Å². The highest BCUT2D eigenvalue weighted by Crippen LogP contribution is 2.39. The molecule has 0 spiro atoms. The van der Waals surface area contributed by atoms with Crippen LogP contribution in [0, 0.1) is 0 Å². The van der Waals surface area contributed by atoms with Crippen molar-refractivity contribution in [2.24, 2.45) is 0 Å². The molecule has 3 heteroatoms. The first kappa shape index (κ1) is 12.0. The molecule has 0 radical (unpaired) electrons. The van der Waals surface area contributed by atoms with Crippen molar-refractivity contribution in [3.8, 4) is 0 Å². The fraction of sp³-hybridized carbons (Fsp3) is 0.125. The molecule has 96 valence electrons. The minimum absolute atomic E-state index is 0.284.